The Kier molecular flexibility index (Phi) is 3.15. The minimum Gasteiger partial charge on any atom is -0.337 e. The maximum absolute atomic E-state index is 4.83. The van der Waals surface area contributed by atoms with Crippen LogP contribution in [0.5, 0.6) is 0 Å². The zero-order valence-corrected chi connectivity index (χ0v) is 7.15. The molecule has 0 fully saturated rings. The van der Waals surface area contributed by atoms with Crippen molar-refractivity contribution in [3.63, 3.8) is 0 Å². The summed E-state index contributed by atoms with van der Waals surface area (Å²) in [6.45, 7) is 0.800. The average Bonchev–Trinajstić information content (AvgIpc) is 2.36. The summed E-state index contributed by atoms with van der Waals surface area (Å²) in [4.78, 5) is 10.3. The van der Waals surface area contributed by atoms with Gasteiger partial charge >= 0.3 is 0 Å². The molecule has 0 atom stereocenters. The van der Waals surface area contributed by atoms with Crippen molar-refractivity contribution in [2.45, 2.75) is 13.2 Å². The molecular formula is C6H12N4O2. The molecule has 0 bridgehead atoms. The molecule has 1 aromatic heterocycles. The number of nitrogens with zero attached hydrogens (tertiary/aromatic N) is 3. The van der Waals surface area contributed by atoms with Gasteiger partial charge in [0.05, 0.1) is 6.54 Å². The molecule has 0 amide bonds. The molecule has 1 aromatic rings. The van der Waals surface area contributed by atoms with Crippen molar-refractivity contribution in [2.75, 3.05) is 14.1 Å². The summed E-state index contributed by atoms with van der Waals surface area (Å²) in [5.41, 5.74) is 0. The van der Waals surface area contributed by atoms with Gasteiger partial charge in [-0.15, -0.1) is 0 Å². The van der Waals surface area contributed by atoms with Crippen molar-refractivity contribution in [1.29, 1.82) is 0 Å². The molecule has 1 rings (SSSR count). The van der Waals surface area contributed by atoms with E-state index in [1.54, 1.807) is 0 Å². The normalized spacial score (nSPS) is 11.0. The molecule has 6 heteroatoms. The van der Waals surface area contributed by atoms with Crippen LogP contribution in [0.2, 0.25) is 0 Å². The fourth-order valence-electron chi connectivity index (χ4n) is 0.767. The van der Waals surface area contributed by atoms with Gasteiger partial charge in [0.15, 0.2) is 5.82 Å². The molecule has 0 radical (unpaired) electrons. The van der Waals surface area contributed by atoms with E-state index in [4.69, 9.17) is 10.4 Å². The fourth-order valence-corrected chi connectivity index (χ4v) is 0.767. The number of nitrogens with two attached hydrogens (primary N) is 1. The zero-order chi connectivity index (χ0) is 8.97. The van der Waals surface area contributed by atoms with Crippen LogP contribution in [0.4, 0.5) is 0 Å². The van der Waals surface area contributed by atoms with E-state index in [0.717, 1.165) is 0 Å². The summed E-state index contributed by atoms with van der Waals surface area (Å²) in [5, 5.41) is 3.71. The van der Waals surface area contributed by atoms with E-state index in [0.29, 0.717) is 18.3 Å². The van der Waals surface area contributed by atoms with Gasteiger partial charge in [-0.05, 0) is 14.1 Å². The van der Waals surface area contributed by atoms with E-state index in [-0.39, 0.29) is 6.61 Å². The molecule has 2 N–H and O–H groups in total. The summed E-state index contributed by atoms with van der Waals surface area (Å²) in [5.74, 6) is 5.86. The van der Waals surface area contributed by atoms with Crippen molar-refractivity contribution >= 4 is 0 Å². The molecule has 0 saturated carbocycles. The minimum absolute atomic E-state index is 0.153. The SMILES string of the molecule is CN(C)Cc1noc(CON)n1. The largest absolute Gasteiger partial charge is 0.337 e. The van der Waals surface area contributed by atoms with Crippen LogP contribution in [0.15, 0.2) is 4.52 Å². The Morgan fingerprint density at radius 2 is 2.33 bits per heavy atom. The van der Waals surface area contributed by atoms with Crippen LogP contribution in [0.3, 0.4) is 0 Å². The fraction of sp³-hybridized carbons (Fsp3) is 0.667. The van der Waals surface area contributed by atoms with Crippen LogP contribution < -0.4 is 5.90 Å². The van der Waals surface area contributed by atoms with E-state index in [1.807, 2.05) is 19.0 Å². The predicted molar refractivity (Wildman–Crippen MR) is 40.7 cm³/mol. The first-order valence-electron chi connectivity index (χ1n) is 3.50. The van der Waals surface area contributed by atoms with Gasteiger partial charge < -0.3 is 9.42 Å². The van der Waals surface area contributed by atoms with Crippen LogP contribution in [0, 0.1) is 0 Å². The van der Waals surface area contributed by atoms with Crippen molar-refractivity contribution in [1.82, 2.24) is 15.0 Å². The Labute approximate surface area is 70.2 Å². The number of hydrogen-bond acceptors (Lipinski definition) is 6. The second kappa shape index (κ2) is 4.15. The Morgan fingerprint density at radius 3 is 2.92 bits per heavy atom. The van der Waals surface area contributed by atoms with Gasteiger partial charge in [-0.25, -0.2) is 5.90 Å². The number of rotatable bonds is 4. The molecule has 0 saturated heterocycles. The minimum atomic E-state index is 0.153. The lowest BCUT2D eigenvalue weighted by atomic mass is 10.5. The highest BCUT2D eigenvalue weighted by molar-refractivity contribution is 4.83. The van der Waals surface area contributed by atoms with Gasteiger partial charge in [0.2, 0.25) is 0 Å². The maximum Gasteiger partial charge on any atom is 0.254 e. The second-order valence-electron chi connectivity index (χ2n) is 2.65. The van der Waals surface area contributed by atoms with Gasteiger partial charge in [0.25, 0.3) is 5.89 Å². The van der Waals surface area contributed by atoms with Crippen molar-refractivity contribution in [3.8, 4) is 0 Å². The number of hydrogen-bond donors (Lipinski definition) is 1. The van der Waals surface area contributed by atoms with Gasteiger partial charge in [0, 0.05) is 0 Å². The quantitative estimate of drug-likeness (QED) is 0.618. The van der Waals surface area contributed by atoms with Crippen molar-refractivity contribution < 1.29 is 9.36 Å². The Morgan fingerprint density at radius 1 is 1.58 bits per heavy atom. The summed E-state index contributed by atoms with van der Waals surface area (Å²) < 4.78 is 4.81. The molecular weight excluding hydrogens is 160 g/mol. The van der Waals surface area contributed by atoms with E-state index in [9.17, 15) is 0 Å². The first kappa shape index (κ1) is 9.11. The summed E-state index contributed by atoms with van der Waals surface area (Å²) in [6, 6.07) is 0. The Balaban J connectivity index is 2.52. The first-order chi connectivity index (χ1) is 5.72. The zero-order valence-electron chi connectivity index (χ0n) is 7.15. The molecule has 0 unspecified atom stereocenters. The van der Waals surface area contributed by atoms with Gasteiger partial charge in [0.1, 0.15) is 6.61 Å². The van der Waals surface area contributed by atoms with E-state index >= 15 is 0 Å². The average molecular weight is 172 g/mol. The third kappa shape index (κ3) is 2.57. The summed E-state index contributed by atoms with van der Waals surface area (Å²) >= 11 is 0. The van der Waals surface area contributed by atoms with E-state index in [2.05, 4.69) is 15.0 Å². The topological polar surface area (TPSA) is 77.4 Å². The molecule has 6 nitrogen and oxygen atoms in total. The van der Waals surface area contributed by atoms with E-state index in [1.165, 1.54) is 0 Å². The lowest BCUT2D eigenvalue weighted by Gasteiger charge is -2.03. The molecule has 0 aliphatic heterocycles. The van der Waals surface area contributed by atoms with Gasteiger partial charge in [-0.3, -0.25) is 4.84 Å². The third-order valence-corrected chi connectivity index (χ3v) is 1.17. The van der Waals surface area contributed by atoms with Crippen LogP contribution >= 0.6 is 0 Å². The van der Waals surface area contributed by atoms with Crippen LogP contribution in [-0.2, 0) is 18.0 Å². The maximum atomic E-state index is 4.83. The van der Waals surface area contributed by atoms with Gasteiger partial charge in [-0.2, -0.15) is 4.98 Å². The molecule has 0 aliphatic carbocycles. The van der Waals surface area contributed by atoms with Crippen LogP contribution in [0.25, 0.3) is 0 Å². The summed E-state index contributed by atoms with van der Waals surface area (Å²) in [7, 11) is 3.85. The second-order valence-corrected chi connectivity index (χ2v) is 2.65. The smallest absolute Gasteiger partial charge is 0.254 e. The van der Waals surface area contributed by atoms with Crippen LogP contribution in [0.1, 0.15) is 11.7 Å². The first-order valence-corrected chi connectivity index (χ1v) is 3.50. The highest BCUT2D eigenvalue weighted by Gasteiger charge is 2.05. The lowest BCUT2D eigenvalue weighted by molar-refractivity contribution is 0.0995. The van der Waals surface area contributed by atoms with Gasteiger partial charge in [-0.1, -0.05) is 5.16 Å². The number of aromatic nitrogens is 2. The monoisotopic (exact) mass is 172 g/mol. The predicted octanol–water partition coefficient (Wildman–Crippen LogP) is -0.478. The van der Waals surface area contributed by atoms with E-state index < -0.39 is 0 Å². The van der Waals surface area contributed by atoms with Crippen molar-refractivity contribution in [3.05, 3.63) is 11.7 Å². The Hall–Kier alpha value is -0.980. The highest BCUT2D eigenvalue weighted by atomic mass is 16.6. The lowest BCUT2D eigenvalue weighted by Crippen LogP contribution is -2.11. The molecule has 12 heavy (non-hydrogen) atoms. The molecule has 0 spiro atoms. The molecule has 0 aliphatic rings. The molecule has 0 aromatic carbocycles. The van der Waals surface area contributed by atoms with Crippen LogP contribution in [-0.4, -0.2) is 29.1 Å². The standard InChI is InChI=1S/C6H12N4O2/c1-10(2)3-5-8-6(4-11-7)12-9-5/h3-4,7H2,1-2H3. The highest BCUT2D eigenvalue weighted by Crippen LogP contribution is 1.99. The summed E-state index contributed by atoms with van der Waals surface area (Å²) in [6.07, 6.45) is 0. The third-order valence-electron chi connectivity index (χ3n) is 1.17. The Bertz CT molecular complexity index is 235. The van der Waals surface area contributed by atoms with Crippen molar-refractivity contribution in [2.24, 2.45) is 5.90 Å². The molecule has 1 heterocycles. The molecule has 68 valence electrons.